The zero-order valence-electron chi connectivity index (χ0n) is 11.0. The van der Waals surface area contributed by atoms with E-state index in [0.29, 0.717) is 6.04 Å². The van der Waals surface area contributed by atoms with E-state index in [1.165, 1.54) is 24.0 Å². The molecule has 0 aliphatic heterocycles. The predicted octanol–water partition coefficient (Wildman–Crippen LogP) is 4.10. The first-order valence-corrected chi connectivity index (χ1v) is 7.50. The molecule has 0 unspecified atom stereocenters. The lowest BCUT2D eigenvalue weighted by atomic mass is 10.1. The van der Waals surface area contributed by atoms with E-state index in [9.17, 15) is 5.26 Å². The Balaban J connectivity index is 1.96. The van der Waals surface area contributed by atoms with Gasteiger partial charge in [0.2, 0.25) is 0 Å². The Morgan fingerprint density at radius 1 is 1.37 bits per heavy atom. The van der Waals surface area contributed by atoms with Crippen molar-refractivity contribution in [2.75, 3.05) is 4.90 Å². The second-order valence-electron chi connectivity index (χ2n) is 5.12. The summed E-state index contributed by atoms with van der Waals surface area (Å²) in [6.07, 6.45) is 2.48. The van der Waals surface area contributed by atoms with Gasteiger partial charge in [-0.05, 0) is 59.9 Å². The molecule has 2 nitrogen and oxygen atoms in total. The number of rotatable bonds is 4. The molecule has 1 heterocycles. The van der Waals surface area contributed by atoms with Crippen LogP contribution in [0, 0.1) is 18.3 Å². The van der Waals surface area contributed by atoms with Crippen LogP contribution in [-0.4, -0.2) is 6.04 Å². The van der Waals surface area contributed by atoms with E-state index in [0.717, 1.165) is 17.8 Å². The van der Waals surface area contributed by atoms with Crippen molar-refractivity contribution in [1.82, 2.24) is 0 Å². The number of benzene rings is 1. The van der Waals surface area contributed by atoms with Gasteiger partial charge < -0.3 is 4.90 Å². The fraction of sp³-hybridized carbons (Fsp3) is 0.312. The van der Waals surface area contributed by atoms with Crippen molar-refractivity contribution in [3.8, 4) is 6.07 Å². The number of aryl methyl sites for hydroxylation is 1. The van der Waals surface area contributed by atoms with Gasteiger partial charge >= 0.3 is 0 Å². The fourth-order valence-corrected chi connectivity index (χ4v) is 3.01. The number of anilines is 1. The summed E-state index contributed by atoms with van der Waals surface area (Å²) in [6, 6.07) is 11.2. The Labute approximate surface area is 117 Å². The average Bonchev–Trinajstić information content (AvgIpc) is 3.13. The maximum absolute atomic E-state index is 9.31. The summed E-state index contributed by atoms with van der Waals surface area (Å²) in [6.45, 7) is 2.99. The number of hydrogen-bond acceptors (Lipinski definition) is 3. The molecule has 96 valence electrons. The second kappa shape index (κ2) is 5.07. The monoisotopic (exact) mass is 268 g/mol. The number of hydrogen-bond donors (Lipinski definition) is 0. The fourth-order valence-electron chi connectivity index (χ4n) is 2.35. The molecule has 0 spiro atoms. The van der Waals surface area contributed by atoms with Gasteiger partial charge in [-0.25, -0.2) is 0 Å². The minimum Gasteiger partial charge on any atom is -0.363 e. The van der Waals surface area contributed by atoms with Gasteiger partial charge in [-0.2, -0.15) is 16.6 Å². The Morgan fingerprint density at radius 2 is 2.21 bits per heavy atom. The normalized spacial score (nSPS) is 14.1. The molecule has 1 aromatic heterocycles. The van der Waals surface area contributed by atoms with Crippen LogP contribution in [-0.2, 0) is 6.54 Å². The molecule has 1 aliphatic rings. The van der Waals surface area contributed by atoms with Crippen LogP contribution in [0.3, 0.4) is 0 Å². The first-order chi connectivity index (χ1) is 9.28. The maximum Gasteiger partial charge on any atom is 0.101 e. The lowest BCUT2D eigenvalue weighted by molar-refractivity contribution is 0.794. The molecule has 19 heavy (non-hydrogen) atoms. The Morgan fingerprint density at radius 3 is 2.84 bits per heavy atom. The highest BCUT2D eigenvalue weighted by molar-refractivity contribution is 7.07. The lowest BCUT2D eigenvalue weighted by Gasteiger charge is -2.25. The molecule has 2 aromatic rings. The second-order valence-corrected chi connectivity index (χ2v) is 5.90. The van der Waals surface area contributed by atoms with Gasteiger partial charge in [0.15, 0.2) is 0 Å². The molecule has 1 aliphatic carbocycles. The van der Waals surface area contributed by atoms with Gasteiger partial charge in [-0.3, -0.25) is 0 Å². The van der Waals surface area contributed by atoms with Crippen molar-refractivity contribution >= 4 is 17.0 Å². The van der Waals surface area contributed by atoms with Crippen molar-refractivity contribution in [2.45, 2.75) is 32.4 Å². The lowest BCUT2D eigenvalue weighted by Crippen LogP contribution is -2.25. The standard InChI is InChI=1S/C16H16N2S/c1-12-2-3-14(9-17)16(8-12)18(15-4-5-15)10-13-6-7-19-11-13/h2-3,6-8,11,15H,4-5,10H2,1H3. The first-order valence-electron chi connectivity index (χ1n) is 6.56. The highest BCUT2D eigenvalue weighted by atomic mass is 32.1. The van der Waals surface area contributed by atoms with E-state index < -0.39 is 0 Å². The zero-order chi connectivity index (χ0) is 13.2. The van der Waals surface area contributed by atoms with E-state index in [1.807, 2.05) is 12.1 Å². The van der Waals surface area contributed by atoms with E-state index in [1.54, 1.807) is 11.3 Å². The van der Waals surface area contributed by atoms with Crippen LogP contribution in [0.5, 0.6) is 0 Å². The molecule has 3 rings (SSSR count). The highest BCUT2D eigenvalue weighted by Crippen LogP contribution is 2.35. The summed E-state index contributed by atoms with van der Waals surface area (Å²) in [5, 5.41) is 13.6. The molecular formula is C16H16N2S. The largest absolute Gasteiger partial charge is 0.363 e. The van der Waals surface area contributed by atoms with Crippen LogP contribution < -0.4 is 4.90 Å². The third-order valence-electron chi connectivity index (χ3n) is 3.50. The van der Waals surface area contributed by atoms with Crippen molar-refractivity contribution in [1.29, 1.82) is 5.26 Å². The van der Waals surface area contributed by atoms with Crippen LogP contribution in [0.25, 0.3) is 0 Å². The molecule has 1 aromatic carbocycles. The third kappa shape index (κ3) is 2.64. The third-order valence-corrected chi connectivity index (χ3v) is 4.24. The van der Waals surface area contributed by atoms with Crippen molar-refractivity contribution in [3.05, 3.63) is 51.7 Å². The Hall–Kier alpha value is -1.79. The number of nitrogens with zero attached hydrogens (tertiary/aromatic N) is 2. The minimum absolute atomic E-state index is 0.605. The first kappa shape index (κ1) is 12.3. The molecule has 0 saturated heterocycles. The minimum atomic E-state index is 0.605. The number of nitriles is 1. The van der Waals surface area contributed by atoms with Crippen molar-refractivity contribution < 1.29 is 0 Å². The van der Waals surface area contributed by atoms with Crippen molar-refractivity contribution in [3.63, 3.8) is 0 Å². The molecule has 0 amide bonds. The van der Waals surface area contributed by atoms with Gasteiger partial charge in [-0.1, -0.05) is 6.07 Å². The SMILES string of the molecule is Cc1ccc(C#N)c(N(Cc2ccsc2)C2CC2)c1. The highest BCUT2D eigenvalue weighted by Gasteiger charge is 2.30. The van der Waals surface area contributed by atoms with E-state index in [4.69, 9.17) is 0 Å². The quantitative estimate of drug-likeness (QED) is 0.834. The van der Waals surface area contributed by atoms with E-state index in [2.05, 4.69) is 40.8 Å². The van der Waals surface area contributed by atoms with Crippen LogP contribution in [0.2, 0.25) is 0 Å². The van der Waals surface area contributed by atoms with Crippen LogP contribution in [0.15, 0.2) is 35.0 Å². The molecule has 0 N–H and O–H groups in total. The summed E-state index contributed by atoms with van der Waals surface area (Å²) < 4.78 is 0. The Bertz CT molecular complexity index is 606. The number of thiophene rings is 1. The summed E-state index contributed by atoms with van der Waals surface area (Å²) in [5.74, 6) is 0. The van der Waals surface area contributed by atoms with Gasteiger partial charge in [-0.15, -0.1) is 0 Å². The maximum atomic E-state index is 9.31. The molecule has 0 bridgehead atoms. The topological polar surface area (TPSA) is 27.0 Å². The zero-order valence-corrected chi connectivity index (χ0v) is 11.8. The molecule has 3 heteroatoms. The van der Waals surface area contributed by atoms with Crippen LogP contribution in [0.4, 0.5) is 5.69 Å². The summed E-state index contributed by atoms with van der Waals surface area (Å²) in [4.78, 5) is 2.40. The molecule has 0 atom stereocenters. The molecule has 1 fully saturated rings. The molecular weight excluding hydrogens is 252 g/mol. The molecule has 0 radical (unpaired) electrons. The molecule has 1 saturated carbocycles. The summed E-state index contributed by atoms with van der Waals surface area (Å²) in [7, 11) is 0. The van der Waals surface area contributed by atoms with Gasteiger partial charge in [0.05, 0.1) is 11.3 Å². The Kier molecular flexibility index (Phi) is 3.27. The smallest absolute Gasteiger partial charge is 0.101 e. The van der Waals surface area contributed by atoms with Gasteiger partial charge in [0.1, 0.15) is 6.07 Å². The van der Waals surface area contributed by atoms with E-state index in [-0.39, 0.29) is 0 Å². The van der Waals surface area contributed by atoms with Crippen molar-refractivity contribution in [2.24, 2.45) is 0 Å². The van der Waals surface area contributed by atoms with E-state index >= 15 is 0 Å². The average molecular weight is 268 g/mol. The van der Waals surface area contributed by atoms with Crippen LogP contribution >= 0.6 is 11.3 Å². The summed E-state index contributed by atoms with van der Waals surface area (Å²) in [5.41, 5.74) is 4.43. The van der Waals surface area contributed by atoms with Gasteiger partial charge in [0.25, 0.3) is 0 Å². The predicted molar refractivity (Wildman–Crippen MR) is 79.4 cm³/mol. The van der Waals surface area contributed by atoms with Crippen LogP contribution in [0.1, 0.15) is 29.5 Å². The van der Waals surface area contributed by atoms with Gasteiger partial charge in [0, 0.05) is 12.6 Å². The summed E-state index contributed by atoms with van der Waals surface area (Å²) >= 11 is 1.73.